The average Bonchev–Trinajstić information content (AvgIpc) is 3.19. The number of carboxylic acid groups (broad SMARTS) is 1. The van der Waals surface area contributed by atoms with Gasteiger partial charge in [0.25, 0.3) is 0 Å². The second-order valence-corrected chi connectivity index (χ2v) is 6.61. The second-order valence-electron chi connectivity index (χ2n) is 5.60. The summed E-state index contributed by atoms with van der Waals surface area (Å²) in [5.74, 6) is -0.481. The zero-order chi connectivity index (χ0) is 17.8. The topological polar surface area (TPSA) is 86.6 Å². The Kier molecular flexibility index (Phi) is 5.23. The zero-order valence-corrected chi connectivity index (χ0v) is 15.0. The highest BCUT2D eigenvalue weighted by molar-refractivity contribution is 8.04. The molecule has 0 aliphatic rings. The van der Waals surface area contributed by atoms with Gasteiger partial charge in [-0.15, -0.1) is 5.10 Å². The number of H-pyrrole nitrogens is 1. The molecule has 0 unspecified atom stereocenters. The number of rotatable bonds is 7. The van der Waals surface area contributed by atoms with Crippen LogP contribution in [0.25, 0.3) is 17.0 Å². The third kappa shape index (κ3) is 3.76. The summed E-state index contributed by atoms with van der Waals surface area (Å²) >= 11 is 1.00. The lowest BCUT2D eigenvalue weighted by Gasteiger charge is -2.05. The van der Waals surface area contributed by atoms with Crippen molar-refractivity contribution in [2.24, 2.45) is 0 Å². The van der Waals surface area contributed by atoms with Crippen LogP contribution >= 0.6 is 11.8 Å². The van der Waals surface area contributed by atoms with Crippen molar-refractivity contribution in [3.63, 3.8) is 0 Å². The summed E-state index contributed by atoms with van der Waals surface area (Å²) in [4.78, 5) is 16.0. The lowest BCUT2D eigenvalue weighted by molar-refractivity contribution is -0.297. The smallest absolute Gasteiger partial charge is 0.213 e. The molecule has 0 spiro atoms. The molecule has 0 radical (unpaired) electrons. The monoisotopic (exact) mass is 355 g/mol. The van der Waals surface area contributed by atoms with Crippen molar-refractivity contribution in [3.8, 4) is 0 Å². The van der Waals surface area contributed by atoms with E-state index in [1.165, 1.54) is 0 Å². The number of nitrogens with one attached hydrogen (secondary N) is 1. The minimum absolute atomic E-state index is 0.0843. The maximum Gasteiger partial charge on any atom is 0.213 e. The quantitative estimate of drug-likeness (QED) is 0.520. The van der Waals surface area contributed by atoms with E-state index in [4.69, 9.17) is 0 Å². The average molecular weight is 355 g/mol. The van der Waals surface area contributed by atoms with E-state index in [0.29, 0.717) is 5.16 Å². The van der Waals surface area contributed by atoms with Crippen molar-refractivity contribution >= 4 is 34.7 Å². The molecule has 0 aliphatic carbocycles. The van der Waals surface area contributed by atoms with Crippen LogP contribution in [0.2, 0.25) is 0 Å². The van der Waals surface area contributed by atoms with E-state index in [1.54, 1.807) is 6.08 Å². The van der Waals surface area contributed by atoms with Crippen LogP contribution in [0.1, 0.15) is 31.7 Å². The number of hydrogen-bond donors (Lipinski definition) is 1. The number of aliphatic carboxylic acids is 1. The maximum absolute atomic E-state index is 11.6. The van der Waals surface area contributed by atoms with Crippen molar-refractivity contribution in [3.05, 3.63) is 46.8 Å². The van der Waals surface area contributed by atoms with Crippen molar-refractivity contribution in [1.29, 1.82) is 0 Å². The summed E-state index contributed by atoms with van der Waals surface area (Å²) in [5, 5.41) is 19.9. The zero-order valence-electron chi connectivity index (χ0n) is 14.2. The van der Waals surface area contributed by atoms with Crippen LogP contribution in [0, 0.1) is 0 Å². The van der Waals surface area contributed by atoms with E-state index in [1.807, 2.05) is 37.4 Å². The molecule has 2 aromatic heterocycles. The second kappa shape index (κ2) is 7.57. The predicted molar refractivity (Wildman–Crippen MR) is 96.8 cm³/mol. The molecule has 0 aliphatic heterocycles. The number of carboxylic acids is 1. The Morgan fingerprint density at radius 1 is 1.36 bits per heavy atom. The van der Waals surface area contributed by atoms with Crippen LogP contribution in [0.4, 0.5) is 0 Å². The Labute approximate surface area is 150 Å². The number of aromatic nitrogens is 4. The normalized spacial score (nSPS) is 12.0. The number of aromatic amines is 1. The fourth-order valence-electron chi connectivity index (χ4n) is 2.69. The third-order valence-electron chi connectivity index (χ3n) is 3.85. The van der Waals surface area contributed by atoms with Gasteiger partial charge in [0, 0.05) is 40.5 Å². The molecule has 130 valence electrons. The van der Waals surface area contributed by atoms with E-state index in [2.05, 4.69) is 26.7 Å². The molecule has 0 saturated heterocycles. The van der Waals surface area contributed by atoms with Gasteiger partial charge < -0.3 is 14.5 Å². The summed E-state index contributed by atoms with van der Waals surface area (Å²) in [5.41, 5.74) is 1.91. The summed E-state index contributed by atoms with van der Waals surface area (Å²) in [7, 11) is 0. The number of para-hydroxylation sites is 1. The molecular formula is C18H19N4O2S-. The molecule has 3 aromatic rings. The fraction of sp³-hybridized carbons (Fsp3) is 0.278. The first-order valence-corrected chi connectivity index (χ1v) is 9.04. The molecular weight excluding hydrogens is 336 g/mol. The van der Waals surface area contributed by atoms with Crippen LogP contribution < -0.4 is 5.11 Å². The van der Waals surface area contributed by atoms with E-state index in [0.717, 1.165) is 53.4 Å². The Morgan fingerprint density at radius 3 is 2.88 bits per heavy atom. The molecule has 2 heterocycles. The molecule has 0 atom stereocenters. The molecule has 0 fully saturated rings. The highest BCUT2D eigenvalue weighted by atomic mass is 32.2. The first-order valence-electron chi connectivity index (χ1n) is 8.22. The Hall–Kier alpha value is -2.54. The number of fused-ring (bicyclic) bond motifs is 1. The predicted octanol–water partition coefficient (Wildman–Crippen LogP) is 2.61. The molecule has 0 amide bonds. The van der Waals surface area contributed by atoms with Crippen LogP contribution in [0.3, 0.4) is 0 Å². The Bertz CT molecular complexity index is 926. The molecule has 0 saturated carbocycles. The maximum atomic E-state index is 11.6. The summed E-state index contributed by atoms with van der Waals surface area (Å²) in [6, 6.07) is 7.92. The summed E-state index contributed by atoms with van der Waals surface area (Å²) in [6.45, 7) is 4.91. The van der Waals surface area contributed by atoms with Crippen molar-refractivity contribution in [2.75, 3.05) is 0 Å². The number of hydrogen-bond acceptors (Lipinski definition) is 5. The van der Waals surface area contributed by atoms with Crippen LogP contribution in [0.15, 0.2) is 40.5 Å². The Balaban J connectivity index is 1.96. The van der Waals surface area contributed by atoms with Gasteiger partial charge >= 0.3 is 0 Å². The molecule has 1 N–H and O–H groups in total. The standard InChI is InChI=1S/C18H20N4O2S/c1-3-7-16-19-18(21-20-16)25-15(17(23)24)10-12-11-22(4-2)14-9-6-5-8-13(12)14/h5-6,8-11H,3-4,7H2,1-2H3,(H,23,24)(H,19,20,21)/p-1/b15-10+. The van der Waals surface area contributed by atoms with E-state index in [9.17, 15) is 9.90 Å². The number of aryl methyl sites for hydroxylation is 2. The number of carbonyl (C=O) groups excluding carboxylic acids is 1. The van der Waals surface area contributed by atoms with Crippen LogP contribution in [-0.4, -0.2) is 25.7 Å². The van der Waals surface area contributed by atoms with E-state index >= 15 is 0 Å². The molecule has 7 heteroatoms. The van der Waals surface area contributed by atoms with E-state index < -0.39 is 5.97 Å². The van der Waals surface area contributed by atoms with Gasteiger partial charge in [0.2, 0.25) is 5.16 Å². The first kappa shape index (κ1) is 17.3. The molecule has 1 aromatic carbocycles. The van der Waals surface area contributed by atoms with Crippen LogP contribution in [-0.2, 0) is 17.8 Å². The highest BCUT2D eigenvalue weighted by Gasteiger charge is 2.11. The lowest BCUT2D eigenvalue weighted by Crippen LogP contribution is -2.23. The van der Waals surface area contributed by atoms with E-state index in [-0.39, 0.29) is 4.91 Å². The minimum atomic E-state index is -1.24. The van der Waals surface area contributed by atoms with Gasteiger partial charge in [-0.2, -0.15) is 0 Å². The van der Waals surface area contributed by atoms with Gasteiger partial charge in [0.05, 0.1) is 5.97 Å². The molecule has 25 heavy (non-hydrogen) atoms. The number of benzene rings is 1. The SMILES string of the molecule is CCCc1nc(S/C(=C/c2cn(CC)c3ccccc23)C(=O)[O-])n[nH]1. The first-order chi connectivity index (χ1) is 12.1. The van der Waals surface area contributed by atoms with Gasteiger partial charge in [-0.1, -0.05) is 25.1 Å². The van der Waals surface area contributed by atoms with Gasteiger partial charge in [-0.25, -0.2) is 4.98 Å². The van der Waals surface area contributed by atoms with Crippen molar-refractivity contribution in [2.45, 2.75) is 38.4 Å². The number of nitrogens with zero attached hydrogens (tertiary/aromatic N) is 3. The summed E-state index contributed by atoms with van der Waals surface area (Å²) < 4.78 is 2.09. The fourth-order valence-corrected chi connectivity index (χ4v) is 3.41. The largest absolute Gasteiger partial charge is 0.544 e. The number of thioether (sulfide) groups is 1. The highest BCUT2D eigenvalue weighted by Crippen LogP contribution is 2.29. The van der Waals surface area contributed by atoms with Gasteiger partial charge in [0.15, 0.2) is 0 Å². The summed E-state index contributed by atoms with van der Waals surface area (Å²) in [6.07, 6.45) is 5.31. The Morgan fingerprint density at radius 2 is 2.16 bits per heavy atom. The lowest BCUT2D eigenvalue weighted by atomic mass is 10.1. The third-order valence-corrected chi connectivity index (χ3v) is 4.72. The van der Waals surface area contributed by atoms with Crippen LogP contribution in [0.5, 0.6) is 0 Å². The molecule has 6 nitrogen and oxygen atoms in total. The number of carbonyl (C=O) groups is 1. The van der Waals surface area contributed by atoms with Crippen molar-refractivity contribution < 1.29 is 9.90 Å². The van der Waals surface area contributed by atoms with Gasteiger partial charge in [-0.05, 0) is 37.2 Å². The van der Waals surface area contributed by atoms with Gasteiger partial charge in [0.1, 0.15) is 5.82 Å². The van der Waals surface area contributed by atoms with Crippen molar-refractivity contribution in [1.82, 2.24) is 19.7 Å². The molecule has 3 rings (SSSR count). The minimum Gasteiger partial charge on any atom is -0.544 e. The van der Waals surface area contributed by atoms with Gasteiger partial charge in [-0.3, -0.25) is 5.10 Å². The molecule has 0 bridgehead atoms.